The molecule has 2 rings (SSSR count). The van der Waals surface area contributed by atoms with Gasteiger partial charge in [-0.1, -0.05) is 0 Å². The van der Waals surface area contributed by atoms with Crippen LogP contribution in [-0.4, -0.2) is 53.6 Å². The van der Waals surface area contributed by atoms with Crippen molar-refractivity contribution in [1.29, 1.82) is 0 Å². The molecule has 0 radical (unpaired) electrons. The van der Waals surface area contributed by atoms with Gasteiger partial charge in [0.05, 0.1) is 24.2 Å². The highest BCUT2D eigenvalue weighted by molar-refractivity contribution is 5.97. The summed E-state index contributed by atoms with van der Waals surface area (Å²) in [6, 6.07) is 4.62. The molecule has 120 valence electrons. The number of hydrogen-bond donors (Lipinski definition) is 1. The number of benzene rings is 1. The third-order valence-corrected chi connectivity index (χ3v) is 3.36. The number of alkyl halides is 2. The molecule has 1 N–H and O–H groups in total. The van der Waals surface area contributed by atoms with Gasteiger partial charge in [-0.3, -0.25) is 9.36 Å². The maximum Gasteiger partial charge on any atom is 0.326 e. The molecular formula is C14H17F2N3O3. The van der Waals surface area contributed by atoms with Gasteiger partial charge in [0.15, 0.2) is 0 Å². The smallest absolute Gasteiger partial charge is 0.326 e. The Morgan fingerprint density at radius 2 is 2.18 bits per heavy atom. The van der Waals surface area contributed by atoms with Crippen LogP contribution in [0.25, 0.3) is 11.0 Å². The number of hydrogen-bond acceptors (Lipinski definition) is 3. The van der Waals surface area contributed by atoms with Crippen LogP contribution in [0.2, 0.25) is 0 Å². The van der Waals surface area contributed by atoms with Crippen molar-refractivity contribution in [2.24, 2.45) is 7.05 Å². The van der Waals surface area contributed by atoms with Gasteiger partial charge in [0.1, 0.15) is 0 Å². The number of H-pyrrole nitrogens is 1. The molecule has 1 aromatic carbocycles. The fourth-order valence-corrected chi connectivity index (χ4v) is 2.20. The van der Waals surface area contributed by atoms with Crippen molar-refractivity contribution in [3.05, 3.63) is 34.2 Å². The number of halogens is 2. The largest absolute Gasteiger partial charge is 0.383 e. The van der Waals surface area contributed by atoms with Gasteiger partial charge in [0, 0.05) is 26.3 Å². The van der Waals surface area contributed by atoms with Gasteiger partial charge in [-0.05, 0) is 18.2 Å². The zero-order valence-corrected chi connectivity index (χ0v) is 12.3. The minimum Gasteiger partial charge on any atom is -0.383 e. The molecule has 0 aliphatic heterocycles. The van der Waals surface area contributed by atoms with Gasteiger partial charge >= 0.3 is 5.69 Å². The summed E-state index contributed by atoms with van der Waals surface area (Å²) in [6.45, 7) is -0.419. The molecule has 0 aliphatic rings. The van der Waals surface area contributed by atoms with Gasteiger partial charge in [-0.15, -0.1) is 0 Å². The molecule has 0 spiro atoms. The highest BCUT2D eigenvalue weighted by atomic mass is 19.3. The highest BCUT2D eigenvalue weighted by Crippen LogP contribution is 2.14. The maximum absolute atomic E-state index is 12.6. The summed E-state index contributed by atoms with van der Waals surface area (Å²) >= 11 is 0. The number of aryl methyl sites for hydroxylation is 1. The quantitative estimate of drug-likeness (QED) is 0.872. The molecule has 0 saturated carbocycles. The predicted octanol–water partition coefficient (Wildman–Crippen LogP) is 1.22. The molecule has 0 atom stereocenters. The number of methoxy groups -OCH3 is 1. The lowest BCUT2D eigenvalue weighted by atomic mass is 10.1. The third kappa shape index (κ3) is 3.33. The Kier molecular flexibility index (Phi) is 4.92. The SMILES string of the molecule is COCCN(CC(F)F)C(=O)c1ccc2c(c1)[nH]c(=O)n2C. The van der Waals surface area contributed by atoms with Crippen molar-refractivity contribution < 1.29 is 18.3 Å². The van der Waals surface area contributed by atoms with Crippen LogP contribution in [0.4, 0.5) is 8.78 Å². The zero-order valence-electron chi connectivity index (χ0n) is 12.3. The standard InChI is InChI=1S/C14H17F2N3O3/c1-18-11-4-3-9(7-10(11)17-14(18)21)13(20)19(5-6-22-2)8-12(15)16/h3-4,7,12H,5-6,8H2,1-2H3,(H,17,21). The van der Waals surface area contributed by atoms with E-state index in [4.69, 9.17) is 4.74 Å². The second-order valence-electron chi connectivity index (χ2n) is 4.86. The minimum absolute atomic E-state index is 0.0724. The highest BCUT2D eigenvalue weighted by Gasteiger charge is 2.20. The number of imidazole rings is 1. The number of ether oxygens (including phenoxy) is 1. The van der Waals surface area contributed by atoms with Gasteiger partial charge < -0.3 is 14.6 Å². The third-order valence-electron chi connectivity index (χ3n) is 3.36. The normalized spacial score (nSPS) is 11.3. The van der Waals surface area contributed by atoms with Crippen LogP contribution in [0.3, 0.4) is 0 Å². The van der Waals surface area contributed by atoms with E-state index < -0.39 is 18.9 Å². The van der Waals surface area contributed by atoms with E-state index in [9.17, 15) is 18.4 Å². The first kappa shape index (κ1) is 16.2. The van der Waals surface area contributed by atoms with E-state index in [1.807, 2.05) is 0 Å². The minimum atomic E-state index is -2.62. The fourth-order valence-electron chi connectivity index (χ4n) is 2.20. The molecule has 2 aromatic rings. The Morgan fingerprint density at radius 1 is 1.45 bits per heavy atom. The molecule has 1 heterocycles. The lowest BCUT2D eigenvalue weighted by molar-refractivity contribution is 0.0478. The number of aromatic nitrogens is 2. The lowest BCUT2D eigenvalue weighted by Crippen LogP contribution is -2.37. The summed E-state index contributed by atoms with van der Waals surface area (Å²) in [5.41, 5.74) is 1.07. The Morgan fingerprint density at radius 3 is 2.82 bits per heavy atom. The Balaban J connectivity index is 2.31. The summed E-state index contributed by atoms with van der Waals surface area (Å²) in [5.74, 6) is -0.524. The Bertz CT molecular complexity index is 724. The molecule has 0 aliphatic carbocycles. The van der Waals surface area contributed by atoms with E-state index in [0.717, 1.165) is 4.90 Å². The summed E-state index contributed by atoms with van der Waals surface area (Å²) < 4.78 is 31.5. The number of carbonyl (C=O) groups excluding carboxylic acids is 1. The van der Waals surface area contributed by atoms with E-state index in [1.165, 1.54) is 23.8 Å². The van der Waals surface area contributed by atoms with Crippen LogP contribution in [0.15, 0.2) is 23.0 Å². The van der Waals surface area contributed by atoms with Gasteiger partial charge in [-0.2, -0.15) is 0 Å². The van der Waals surface area contributed by atoms with Crippen molar-refractivity contribution in [1.82, 2.24) is 14.5 Å². The van der Waals surface area contributed by atoms with Gasteiger partial charge in [0.2, 0.25) is 0 Å². The molecule has 0 saturated heterocycles. The molecular weight excluding hydrogens is 296 g/mol. The van der Waals surface area contributed by atoms with E-state index in [1.54, 1.807) is 13.1 Å². The molecule has 1 aromatic heterocycles. The van der Waals surface area contributed by atoms with E-state index >= 15 is 0 Å². The number of amides is 1. The summed E-state index contributed by atoms with van der Waals surface area (Å²) in [4.78, 5) is 27.5. The average molecular weight is 313 g/mol. The van der Waals surface area contributed by atoms with Crippen LogP contribution in [-0.2, 0) is 11.8 Å². The fraction of sp³-hybridized carbons (Fsp3) is 0.429. The number of nitrogens with one attached hydrogen (secondary N) is 1. The predicted molar refractivity (Wildman–Crippen MR) is 77.3 cm³/mol. The average Bonchev–Trinajstić information content (AvgIpc) is 2.77. The summed E-state index contributed by atoms with van der Waals surface area (Å²) in [7, 11) is 3.04. The second kappa shape index (κ2) is 6.69. The molecule has 1 amide bonds. The van der Waals surface area contributed by atoms with Crippen molar-refractivity contribution in [2.45, 2.75) is 6.43 Å². The number of carbonyl (C=O) groups is 1. The van der Waals surface area contributed by atoms with E-state index in [-0.39, 0.29) is 24.4 Å². The molecule has 0 unspecified atom stereocenters. The first-order valence-corrected chi connectivity index (χ1v) is 6.69. The maximum atomic E-state index is 12.6. The molecule has 0 bridgehead atoms. The number of aromatic amines is 1. The number of rotatable bonds is 6. The van der Waals surface area contributed by atoms with Crippen LogP contribution >= 0.6 is 0 Å². The van der Waals surface area contributed by atoms with Gasteiger partial charge in [-0.25, -0.2) is 13.6 Å². The second-order valence-corrected chi connectivity index (χ2v) is 4.86. The Hall–Kier alpha value is -2.22. The summed E-state index contributed by atoms with van der Waals surface area (Å²) in [6.07, 6.45) is -2.62. The van der Waals surface area contributed by atoms with Crippen molar-refractivity contribution in [3.8, 4) is 0 Å². The van der Waals surface area contributed by atoms with Gasteiger partial charge in [0.25, 0.3) is 12.3 Å². The number of nitrogens with zero attached hydrogens (tertiary/aromatic N) is 2. The van der Waals surface area contributed by atoms with Crippen LogP contribution in [0.1, 0.15) is 10.4 Å². The molecule has 22 heavy (non-hydrogen) atoms. The first-order chi connectivity index (χ1) is 10.4. The first-order valence-electron chi connectivity index (χ1n) is 6.69. The van der Waals surface area contributed by atoms with E-state index in [2.05, 4.69) is 4.98 Å². The van der Waals surface area contributed by atoms with E-state index in [0.29, 0.717) is 11.0 Å². The van der Waals surface area contributed by atoms with Crippen molar-refractivity contribution in [3.63, 3.8) is 0 Å². The lowest BCUT2D eigenvalue weighted by Gasteiger charge is -2.22. The van der Waals surface area contributed by atoms with Crippen molar-refractivity contribution >= 4 is 16.9 Å². The molecule has 8 heteroatoms. The number of fused-ring (bicyclic) bond motifs is 1. The summed E-state index contributed by atoms with van der Waals surface area (Å²) in [5, 5.41) is 0. The Labute approximate surface area is 125 Å². The monoisotopic (exact) mass is 313 g/mol. The van der Waals surface area contributed by atoms with Crippen LogP contribution in [0, 0.1) is 0 Å². The molecule has 0 fully saturated rings. The molecule has 6 nitrogen and oxygen atoms in total. The topological polar surface area (TPSA) is 67.3 Å². The zero-order chi connectivity index (χ0) is 16.3. The van der Waals surface area contributed by atoms with Crippen LogP contribution < -0.4 is 5.69 Å². The van der Waals surface area contributed by atoms with Crippen molar-refractivity contribution in [2.75, 3.05) is 26.8 Å². The van der Waals surface area contributed by atoms with Crippen LogP contribution in [0.5, 0.6) is 0 Å².